The van der Waals surface area contributed by atoms with Gasteiger partial charge in [-0.15, -0.1) is 6.42 Å². The van der Waals surface area contributed by atoms with Crippen LogP contribution in [0, 0.1) is 12.3 Å². The molecule has 0 unspecified atom stereocenters. The number of hydrogen-bond acceptors (Lipinski definition) is 6. The minimum Gasteiger partial charge on any atom is -0.356 e. The van der Waals surface area contributed by atoms with Crippen LogP contribution in [0.1, 0.15) is 78.5 Å². The molecule has 3 heterocycles. The Hall–Kier alpha value is -4.52. The summed E-state index contributed by atoms with van der Waals surface area (Å²) in [6.07, 6.45) is 10.1. The van der Waals surface area contributed by atoms with Crippen LogP contribution in [-0.2, 0) is 27.3 Å². The van der Waals surface area contributed by atoms with Crippen LogP contribution in [0.15, 0.2) is 58.8 Å². The van der Waals surface area contributed by atoms with Gasteiger partial charge in [0.25, 0.3) is 5.91 Å². The molecule has 0 radical (unpaired) electrons. The number of fused-ring (bicyclic) bond motifs is 3. The van der Waals surface area contributed by atoms with E-state index in [1.54, 1.807) is 21.9 Å². The second kappa shape index (κ2) is 13.8. The number of carbonyl (C=O) groups is 4. The summed E-state index contributed by atoms with van der Waals surface area (Å²) < 4.78 is 0. The van der Waals surface area contributed by atoms with Crippen molar-refractivity contribution in [1.29, 1.82) is 0 Å². The molecule has 1 fully saturated rings. The number of piperazine rings is 1. The lowest BCUT2D eigenvalue weighted by molar-refractivity contribution is -0.139. The number of benzene rings is 2. The summed E-state index contributed by atoms with van der Waals surface area (Å²) in [5.74, 6) is 2.34. The van der Waals surface area contributed by atoms with Gasteiger partial charge in [-0.25, -0.2) is 0 Å². The highest BCUT2D eigenvalue weighted by Crippen LogP contribution is 2.34. The minimum atomic E-state index is -0.359. The third kappa shape index (κ3) is 7.70. The molecule has 0 saturated carbocycles. The van der Waals surface area contributed by atoms with Gasteiger partial charge < -0.3 is 20.0 Å². The molecular weight excluding hydrogens is 556 g/mol. The van der Waals surface area contributed by atoms with E-state index in [1.807, 2.05) is 36.1 Å². The van der Waals surface area contributed by atoms with Crippen molar-refractivity contribution in [3.8, 4) is 12.3 Å². The molecule has 1 atom stereocenters. The third-order valence-electron chi connectivity index (χ3n) is 8.61. The van der Waals surface area contributed by atoms with E-state index in [0.29, 0.717) is 57.4 Å². The Morgan fingerprint density at radius 1 is 1.07 bits per heavy atom. The zero-order chi connectivity index (χ0) is 31.1. The van der Waals surface area contributed by atoms with Crippen LogP contribution in [0.5, 0.6) is 0 Å². The van der Waals surface area contributed by atoms with Crippen LogP contribution < -0.4 is 5.32 Å². The molecule has 4 amide bonds. The molecule has 10 nitrogen and oxygen atoms in total. The predicted molar refractivity (Wildman–Crippen MR) is 165 cm³/mol. The summed E-state index contributed by atoms with van der Waals surface area (Å²) in [7, 11) is 0. The van der Waals surface area contributed by atoms with Gasteiger partial charge in [-0.3, -0.25) is 19.2 Å². The van der Waals surface area contributed by atoms with Crippen molar-refractivity contribution in [3.05, 3.63) is 70.8 Å². The van der Waals surface area contributed by atoms with Gasteiger partial charge in [0, 0.05) is 51.0 Å². The lowest BCUT2D eigenvalue weighted by atomic mass is 9.90. The number of amides is 4. The standard InChI is InChI=1S/C34H40N6O4/c1-3-20-38(31(42)11-5-4-8-19-35-30(41)16-18-34(2)36-37-34)22-25-12-14-27(15-13-25)33(44)39-23-29-28-10-7-6-9-26(28)17-21-40(29)32(43)24-39/h1,6-7,9-10,12-15,29H,4-5,8,11,16-24H2,2H3,(H,35,41)/t29-/m0/s1. The normalized spacial score (nSPS) is 17.7. The first-order valence-electron chi connectivity index (χ1n) is 15.4. The molecule has 10 heteroatoms. The van der Waals surface area contributed by atoms with Crippen molar-refractivity contribution in [1.82, 2.24) is 20.0 Å². The first kappa shape index (κ1) is 30.9. The van der Waals surface area contributed by atoms with Crippen LogP contribution in [0.3, 0.4) is 0 Å². The van der Waals surface area contributed by atoms with E-state index in [1.165, 1.54) is 5.56 Å². The second-order valence-corrected chi connectivity index (χ2v) is 12.0. The third-order valence-corrected chi connectivity index (χ3v) is 8.61. The maximum absolute atomic E-state index is 13.4. The van der Waals surface area contributed by atoms with E-state index in [0.717, 1.165) is 30.4 Å². The molecule has 44 heavy (non-hydrogen) atoms. The number of carbonyl (C=O) groups excluding carboxylic acids is 4. The second-order valence-electron chi connectivity index (χ2n) is 12.0. The zero-order valence-corrected chi connectivity index (χ0v) is 25.3. The predicted octanol–water partition coefficient (Wildman–Crippen LogP) is 3.87. The Morgan fingerprint density at radius 3 is 2.59 bits per heavy atom. The molecule has 3 aliphatic heterocycles. The number of nitrogens with one attached hydrogen (secondary N) is 1. The molecule has 1 N–H and O–H groups in total. The van der Waals surface area contributed by atoms with Crippen LogP contribution in [0.2, 0.25) is 0 Å². The van der Waals surface area contributed by atoms with E-state index < -0.39 is 0 Å². The van der Waals surface area contributed by atoms with Crippen molar-refractivity contribution in [2.24, 2.45) is 10.2 Å². The fourth-order valence-corrected chi connectivity index (χ4v) is 5.92. The topological polar surface area (TPSA) is 115 Å². The summed E-state index contributed by atoms with van der Waals surface area (Å²) in [4.78, 5) is 56.4. The first-order valence-corrected chi connectivity index (χ1v) is 15.4. The first-order chi connectivity index (χ1) is 21.3. The Balaban J connectivity index is 1.07. The fourth-order valence-electron chi connectivity index (χ4n) is 5.92. The SMILES string of the molecule is C#CCN(Cc1ccc(C(=O)N2CC(=O)N3CCc4ccccc4[C@@H]3C2)cc1)C(=O)CCCCCNC(=O)CCC1(C)N=N1. The van der Waals surface area contributed by atoms with Crippen LogP contribution >= 0.6 is 0 Å². The number of unbranched alkanes of at least 4 members (excludes halogenated alkanes) is 2. The molecule has 230 valence electrons. The fraction of sp³-hybridized carbons (Fsp3) is 0.471. The lowest BCUT2D eigenvalue weighted by Gasteiger charge is -2.44. The van der Waals surface area contributed by atoms with Crippen LogP contribution in [0.25, 0.3) is 0 Å². The van der Waals surface area contributed by atoms with Gasteiger partial charge in [-0.2, -0.15) is 10.2 Å². The quantitative estimate of drug-likeness (QED) is 0.279. The maximum Gasteiger partial charge on any atom is 0.254 e. The van der Waals surface area contributed by atoms with Gasteiger partial charge in [0.2, 0.25) is 17.7 Å². The molecule has 3 aliphatic rings. The average Bonchev–Trinajstić information content (AvgIpc) is 3.78. The largest absolute Gasteiger partial charge is 0.356 e. The Morgan fingerprint density at radius 2 is 1.84 bits per heavy atom. The van der Waals surface area contributed by atoms with E-state index >= 15 is 0 Å². The van der Waals surface area contributed by atoms with Gasteiger partial charge in [0.05, 0.1) is 12.6 Å². The van der Waals surface area contributed by atoms with Crippen molar-refractivity contribution < 1.29 is 19.2 Å². The average molecular weight is 597 g/mol. The summed E-state index contributed by atoms with van der Waals surface area (Å²) in [5, 5.41) is 10.7. The van der Waals surface area contributed by atoms with Gasteiger partial charge in [-0.05, 0) is 55.0 Å². The maximum atomic E-state index is 13.4. The van der Waals surface area contributed by atoms with Gasteiger partial charge in [-0.1, -0.05) is 48.7 Å². The molecule has 2 aromatic rings. The molecule has 0 aliphatic carbocycles. The Labute approximate surface area is 258 Å². The zero-order valence-electron chi connectivity index (χ0n) is 25.3. The molecule has 5 rings (SSSR count). The van der Waals surface area contributed by atoms with Crippen molar-refractivity contribution in [2.75, 3.05) is 32.7 Å². The highest BCUT2D eigenvalue weighted by Gasteiger charge is 2.38. The van der Waals surface area contributed by atoms with E-state index in [2.05, 4.69) is 33.6 Å². The minimum absolute atomic E-state index is 0.00132. The number of terminal acetylenes is 1. The number of hydrogen-bond donors (Lipinski definition) is 1. The molecule has 2 aromatic carbocycles. The molecule has 1 saturated heterocycles. The highest BCUT2D eigenvalue weighted by molar-refractivity contribution is 5.97. The number of nitrogens with zero attached hydrogens (tertiary/aromatic N) is 5. The van der Waals surface area contributed by atoms with E-state index in [4.69, 9.17) is 6.42 Å². The summed E-state index contributed by atoms with van der Waals surface area (Å²) in [5.41, 5.74) is 3.37. The summed E-state index contributed by atoms with van der Waals surface area (Å²) in [6, 6.07) is 15.2. The van der Waals surface area contributed by atoms with E-state index in [9.17, 15) is 19.2 Å². The molecule has 0 spiro atoms. The lowest BCUT2D eigenvalue weighted by Crippen LogP contribution is -2.55. The smallest absolute Gasteiger partial charge is 0.254 e. The van der Waals surface area contributed by atoms with Gasteiger partial charge >= 0.3 is 0 Å². The highest BCUT2D eigenvalue weighted by atomic mass is 16.2. The molecule has 0 aromatic heterocycles. The van der Waals surface area contributed by atoms with Crippen molar-refractivity contribution in [2.45, 2.75) is 70.1 Å². The van der Waals surface area contributed by atoms with E-state index in [-0.39, 0.29) is 48.4 Å². The van der Waals surface area contributed by atoms with Crippen molar-refractivity contribution >= 4 is 23.6 Å². The van der Waals surface area contributed by atoms with Gasteiger partial charge in [0.1, 0.15) is 6.54 Å². The monoisotopic (exact) mass is 596 g/mol. The van der Waals surface area contributed by atoms with Crippen LogP contribution in [0.4, 0.5) is 0 Å². The number of rotatable bonds is 13. The summed E-state index contributed by atoms with van der Waals surface area (Å²) in [6.45, 7) is 4.24. The summed E-state index contributed by atoms with van der Waals surface area (Å²) >= 11 is 0. The molecular formula is C34H40N6O4. The van der Waals surface area contributed by atoms with Crippen molar-refractivity contribution in [3.63, 3.8) is 0 Å². The molecule has 0 bridgehead atoms. The van der Waals surface area contributed by atoms with Gasteiger partial charge in [0.15, 0.2) is 5.66 Å². The van der Waals surface area contributed by atoms with Crippen LogP contribution in [-0.4, -0.2) is 76.7 Å². The Bertz CT molecular complexity index is 1460. The Kier molecular flexibility index (Phi) is 9.73.